The molecule has 2 rings (SSSR count). The Morgan fingerprint density at radius 2 is 1.55 bits per heavy atom. The maximum Gasteiger partial charge on any atom is 0.251 e. The lowest BCUT2D eigenvalue weighted by atomic mass is 9.97. The first kappa shape index (κ1) is 24.7. The fraction of sp³-hybridized carbons (Fsp3) is 0.500. The summed E-state index contributed by atoms with van der Waals surface area (Å²) in [6.07, 6.45) is 10.3. The molecule has 1 aliphatic carbocycles. The lowest BCUT2D eigenvalue weighted by Gasteiger charge is -2.14. The quantitative estimate of drug-likeness (QED) is 0.302. The summed E-state index contributed by atoms with van der Waals surface area (Å²) >= 11 is 0. The molecule has 0 radical (unpaired) electrons. The highest BCUT2D eigenvalue weighted by molar-refractivity contribution is 6.17. The van der Waals surface area contributed by atoms with Gasteiger partial charge < -0.3 is 10.1 Å². The Morgan fingerprint density at radius 3 is 2.16 bits per heavy atom. The van der Waals surface area contributed by atoms with Crippen molar-refractivity contribution in [2.24, 2.45) is 0 Å². The molecular weight excluding hydrogens is 390 g/mol. The number of epoxide rings is 1. The van der Waals surface area contributed by atoms with Crippen LogP contribution in [0.15, 0.2) is 57.9 Å². The van der Waals surface area contributed by atoms with E-state index in [4.69, 9.17) is 4.74 Å². The van der Waals surface area contributed by atoms with E-state index in [1.54, 1.807) is 0 Å². The summed E-state index contributed by atoms with van der Waals surface area (Å²) in [5, 5.41) is 2.68. The van der Waals surface area contributed by atoms with Crippen LogP contribution in [0.5, 0.6) is 0 Å². The smallest absolute Gasteiger partial charge is 0.251 e. The second-order valence-electron chi connectivity index (χ2n) is 8.91. The molecule has 1 heterocycles. The first-order valence-electron chi connectivity index (χ1n) is 11.0. The van der Waals surface area contributed by atoms with Gasteiger partial charge in [-0.25, -0.2) is 0 Å². The molecule has 2 atom stereocenters. The molecule has 5 nitrogen and oxygen atoms in total. The zero-order chi connectivity index (χ0) is 23.1. The minimum Gasteiger partial charge on any atom is -0.352 e. The average molecular weight is 426 g/mol. The van der Waals surface area contributed by atoms with Crippen molar-refractivity contribution in [1.82, 2.24) is 5.32 Å². The zero-order valence-corrected chi connectivity index (χ0v) is 19.6. The van der Waals surface area contributed by atoms with E-state index < -0.39 is 12.2 Å². The van der Waals surface area contributed by atoms with Crippen molar-refractivity contribution in [1.29, 1.82) is 0 Å². The molecule has 0 bridgehead atoms. The van der Waals surface area contributed by atoms with Crippen molar-refractivity contribution in [3.8, 4) is 0 Å². The van der Waals surface area contributed by atoms with Crippen LogP contribution in [0, 0.1) is 0 Å². The molecule has 0 aromatic rings. The Hall–Kier alpha value is -2.53. The van der Waals surface area contributed by atoms with Crippen LogP contribution in [0.3, 0.4) is 0 Å². The highest BCUT2D eigenvalue weighted by Gasteiger charge is 2.53. The molecule has 31 heavy (non-hydrogen) atoms. The van der Waals surface area contributed by atoms with Crippen LogP contribution >= 0.6 is 0 Å². The number of hydrogen-bond acceptors (Lipinski definition) is 4. The minimum absolute atomic E-state index is 0.0348. The largest absolute Gasteiger partial charge is 0.352 e. The molecule has 0 saturated carbocycles. The first-order chi connectivity index (χ1) is 14.6. The first-order valence-corrected chi connectivity index (χ1v) is 11.0. The van der Waals surface area contributed by atoms with Gasteiger partial charge in [-0.05, 0) is 73.6 Å². The highest BCUT2D eigenvalue weighted by Crippen LogP contribution is 2.30. The van der Waals surface area contributed by atoms with Crippen molar-refractivity contribution in [2.75, 3.05) is 0 Å². The standard InChI is InChI=1S/C26H35NO4/c1-16(2)9-7-11-18(5)13-14-20(19(6)12-8-10-17(3)4)26(30)27-21-15-22(28)24-25(31-24)23(21)29/h9-10,13,15,24-25H,7-8,11-12,14H2,1-6H3,(H,27,30)/b18-13+,20-19+. The molecule has 1 aliphatic heterocycles. The van der Waals surface area contributed by atoms with Crippen molar-refractivity contribution >= 4 is 17.5 Å². The van der Waals surface area contributed by atoms with Gasteiger partial charge >= 0.3 is 0 Å². The molecule has 168 valence electrons. The highest BCUT2D eigenvalue weighted by atomic mass is 16.6. The second kappa shape index (κ2) is 11.2. The van der Waals surface area contributed by atoms with E-state index in [1.165, 1.54) is 22.8 Å². The Bertz CT molecular complexity index is 890. The molecule has 1 saturated heterocycles. The second-order valence-corrected chi connectivity index (χ2v) is 8.91. The van der Waals surface area contributed by atoms with Crippen LogP contribution in [0.1, 0.15) is 73.6 Å². The van der Waals surface area contributed by atoms with E-state index in [2.05, 4.69) is 58.2 Å². The van der Waals surface area contributed by atoms with E-state index in [0.29, 0.717) is 12.0 Å². The monoisotopic (exact) mass is 425 g/mol. The molecule has 2 unspecified atom stereocenters. The Morgan fingerprint density at radius 1 is 0.935 bits per heavy atom. The summed E-state index contributed by atoms with van der Waals surface area (Å²) in [5.41, 5.74) is 5.42. The number of ketones is 2. The number of nitrogens with one attached hydrogen (secondary N) is 1. The van der Waals surface area contributed by atoms with E-state index in [0.717, 1.165) is 31.3 Å². The van der Waals surface area contributed by atoms with Crippen molar-refractivity contribution < 1.29 is 19.1 Å². The summed E-state index contributed by atoms with van der Waals surface area (Å²) in [6, 6.07) is 0. The van der Waals surface area contributed by atoms with Crippen molar-refractivity contribution in [3.05, 3.63) is 57.9 Å². The van der Waals surface area contributed by atoms with Gasteiger partial charge in [0.2, 0.25) is 5.78 Å². The number of fused-ring (bicyclic) bond motifs is 1. The van der Waals surface area contributed by atoms with Gasteiger partial charge in [-0.15, -0.1) is 0 Å². The van der Waals surface area contributed by atoms with Crippen molar-refractivity contribution in [2.45, 2.75) is 85.9 Å². The van der Waals surface area contributed by atoms with Gasteiger partial charge in [0.25, 0.3) is 5.91 Å². The molecule has 0 aromatic carbocycles. The maximum atomic E-state index is 13.1. The molecule has 2 aliphatic rings. The Balaban J connectivity index is 2.15. The van der Waals surface area contributed by atoms with Crippen LogP contribution in [0.25, 0.3) is 0 Å². The number of carbonyl (C=O) groups excluding carboxylic acids is 3. The van der Waals surface area contributed by atoms with E-state index in [1.807, 2.05) is 6.92 Å². The lowest BCUT2D eigenvalue weighted by Crippen LogP contribution is -2.35. The average Bonchev–Trinajstić information content (AvgIpc) is 3.47. The van der Waals surface area contributed by atoms with E-state index in [-0.39, 0.29) is 23.2 Å². The summed E-state index contributed by atoms with van der Waals surface area (Å²) in [6.45, 7) is 12.3. The third-order valence-electron chi connectivity index (χ3n) is 5.44. The van der Waals surface area contributed by atoms with Gasteiger partial charge in [0.15, 0.2) is 18.0 Å². The molecular formula is C26H35NO4. The Labute approximate surface area is 186 Å². The fourth-order valence-corrected chi connectivity index (χ4v) is 3.43. The van der Waals surface area contributed by atoms with Gasteiger partial charge in [-0.2, -0.15) is 0 Å². The molecule has 5 heteroatoms. The van der Waals surface area contributed by atoms with E-state index in [9.17, 15) is 14.4 Å². The number of rotatable bonds is 10. The number of carbonyl (C=O) groups is 3. The summed E-state index contributed by atoms with van der Waals surface area (Å²) in [5.74, 6) is -0.914. The van der Waals surface area contributed by atoms with Gasteiger partial charge in [0.1, 0.15) is 0 Å². The van der Waals surface area contributed by atoms with Gasteiger partial charge in [0.05, 0.1) is 5.70 Å². The van der Waals surface area contributed by atoms with Crippen LogP contribution in [-0.4, -0.2) is 29.7 Å². The number of amides is 1. The summed E-state index contributed by atoms with van der Waals surface area (Å²) in [4.78, 5) is 37.3. The van der Waals surface area contributed by atoms with E-state index >= 15 is 0 Å². The number of ether oxygens (including phenoxy) is 1. The molecule has 1 amide bonds. The minimum atomic E-state index is -0.726. The molecule has 1 fully saturated rings. The molecule has 0 aromatic heterocycles. The van der Waals surface area contributed by atoms with Gasteiger partial charge in [0, 0.05) is 11.6 Å². The molecule has 0 spiro atoms. The number of Topliss-reactive ketones (excluding diaryl/α,β-unsaturated/α-hetero) is 1. The summed E-state index contributed by atoms with van der Waals surface area (Å²) < 4.78 is 5.10. The number of hydrogen-bond donors (Lipinski definition) is 1. The van der Waals surface area contributed by atoms with Crippen molar-refractivity contribution in [3.63, 3.8) is 0 Å². The lowest BCUT2D eigenvalue weighted by molar-refractivity contribution is -0.122. The van der Waals surface area contributed by atoms with Crippen LogP contribution in [-0.2, 0) is 19.1 Å². The maximum absolute atomic E-state index is 13.1. The zero-order valence-electron chi connectivity index (χ0n) is 19.6. The Kier molecular flexibility index (Phi) is 8.93. The number of allylic oxidation sites excluding steroid dienone is 7. The third-order valence-corrected chi connectivity index (χ3v) is 5.44. The van der Waals surface area contributed by atoms with Gasteiger partial charge in [-0.3, -0.25) is 14.4 Å². The van der Waals surface area contributed by atoms with Crippen LogP contribution in [0.4, 0.5) is 0 Å². The van der Waals surface area contributed by atoms with Gasteiger partial charge in [-0.1, -0.05) is 40.5 Å². The summed E-state index contributed by atoms with van der Waals surface area (Å²) in [7, 11) is 0. The predicted molar refractivity (Wildman–Crippen MR) is 123 cm³/mol. The predicted octanol–water partition coefficient (Wildman–Crippen LogP) is 5.05. The van der Waals surface area contributed by atoms with Crippen LogP contribution in [0.2, 0.25) is 0 Å². The topological polar surface area (TPSA) is 75.8 Å². The fourth-order valence-electron chi connectivity index (χ4n) is 3.43. The third kappa shape index (κ3) is 7.59. The normalized spacial score (nSPS) is 21.0. The SMILES string of the molecule is CC(C)=CCC/C(C)=C/C/C(C(=O)NC1=CC(=O)C2OC2C1=O)=C(/C)CCC=C(C)C. The molecule has 1 N–H and O–H groups in total. The van der Waals surface area contributed by atoms with Crippen LogP contribution < -0.4 is 5.32 Å².